The van der Waals surface area contributed by atoms with Crippen LogP contribution in [0.25, 0.3) is 0 Å². The summed E-state index contributed by atoms with van der Waals surface area (Å²) in [6, 6.07) is 2.88. The molecule has 112 valence electrons. The first kappa shape index (κ1) is 15.3. The number of rotatable bonds is 3. The SMILES string of the molecule is CNC(c1ccc(F)c(C(F)(F)F)c1)C1CCOC1C. The van der Waals surface area contributed by atoms with E-state index in [9.17, 15) is 17.6 Å². The largest absolute Gasteiger partial charge is 0.419 e. The van der Waals surface area contributed by atoms with Gasteiger partial charge < -0.3 is 10.1 Å². The minimum absolute atomic E-state index is 0.0353. The van der Waals surface area contributed by atoms with Crippen LogP contribution >= 0.6 is 0 Å². The Morgan fingerprint density at radius 1 is 1.35 bits per heavy atom. The smallest absolute Gasteiger partial charge is 0.378 e. The molecule has 1 saturated heterocycles. The molecule has 3 unspecified atom stereocenters. The summed E-state index contributed by atoms with van der Waals surface area (Å²) >= 11 is 0. The molecule has 1 heterocycles. The second-order valence-corrected chi connectivity index (χ2v) is 5.03. The van der Waals surface area contributed by atoms with Crippen LogP contribution in [0.4, 0.5) is 17.6 Å². The topological polar surface area (TPSA) is 21.3 Å². The van der Waals surface area contributed by atoms with E-state index in [4.69, 9.17) is 4.74 Å². The summed E-state index contributed by atoms with van der Waals surface area (Å²) in [4.78, 5) is 0. The van der Waals surface area contributed by atoms with E-state index in [2.05, 4.69) is 5.32 Å². The van der Waals surface area contributed by atoms with Gasteiger partial charge in [-0.1, -0.05) is 6.07 Å². The highest BCUT2D eigenvalue weighted by atomic mass is 19.4. The van der Waals surface area contributed by atoms with Gasteiger partial charge in [0.05, 0.1) is 11.7 Å². The van der Waals surface area contributed by atoms with E-state index >= 15 is 0 Å². The zero-order valence-electron chi connectivity index (χ0n) is 11.3. The molecule has 6 heteroatoms. The fraction of sp³-hybridized carbons (Fsp3) is 0.571. The monoisotopic (exact) mass is 291 g/mol. The van der Waals surface area contributed by atoms with Gasteiger partial charge in [0.2, 0.25) is 0 Å². The van der Waals surface area contributed by atoms with Crippen LogP contribution in [0.5, 0.6) is 0 Å². The molecule has 0 bridgehead atoms. The minimum Gasteiger partial charge on any atom is -0.378 e. The van der Waals surface area contributed by atoms with Gasteiger partial charge in [-0.2, -0.15) is 13.2 Å². The Morgan fingerprint density at radius 2 is 2.05 bits per heavy atom. The number of hydrogen-bond donors (Lipinski definition) is 1. The highest BCUT2D eigenvalue weighted by Crippen LogP contribution is 2.37. The van der Waals surface area contributed by atoms with E-state index in [0.717, 1.165) is 18.6 Å². The second-order valence-electron chi connectivity index (χ2n) is 5.03. The third-order valence-electron chi connectivity index (χ3n) is 3.83. The summed E-state index contributed by atoms with van der Waals surface area (Å²) < 4.78 is 57.1. The lowest BCUT2D eigenvalue weighted by atomic mass is 9.87. The molecule has 1 aliphatic heterocycles. The third kappa shape index (κ3) is 2.96. The van der Waals surface area contributed by atoms with Gasteiger partial charge in [-0.15, -0.1) is 0 Å². The average molecular weight is 291 g/mol. The van der Waals surface area contributed by atoms with Crippen LogP contribution in [0, 0.1) is 11.7 Å². The molecule has 1 aliphatic rings. The average Bonchev–Trinajstić information content (AvgIpc) is 2.77. The zero-order valence-corrected chi connectivity index (χ0v) is 11.3. The fourth-order valence-electron chi connectivity index (χ4n) is 2.77. The Labute approximate surface area is 115 Å². The van der Waals surface area contributed by atoms with Gasteiger partial charge in [-0.3, -0.25) is 0 Å². The first-order valence-corrected chi connectivity index (χ1v) is 6.50. The van der Waals surface area contributed by atoms with Gasteiger partial charge in [-0.25, -0.2) is 4.39 Å². The summed E-state index contributed by atoms with van der Waals surface area (Å²) in [5.74, 6) is -1.17. The minimum atomic E-state index is -4.68. The third-order valence-corrected chi connectivity index (χ3v) is 3.83. The van der Waals surface area contributed by atoms with Crippen molar-refractivity contribution in [2.75, 3.05) is 13.7 Å². The molecule has 0 saturated carbocycles. The predicted octanol–water partition coefficient (Wildman–Crippen LogP) is 3.53. The molecule has 2 nitrogen and oxygen atoms in total. The van der Waals surface area contributed by atoms with Crippen LogP contribution in [0.15, 0.2) is 18.2 Å². The van der Waals surface area contributed by atoms with Crippen molar-refractivity contribution in [2.45, 2.75) is 31.7 Å². The number of alkyl halides is 3. The maximum absolute atomic E-state index is 13.3. The van der Waals surface area contributed by atoms with Crippen molar-refractivity contribution in [2.24, 2.45) is 5.92 Å². The maximum Gasteiger partial charge on any atom is 0.419 e. The fourth-order valence-corrected chi connectivity index (χ4v) is 2.77. The summed E-state index contributed by atoms with van der Waals surface area (Å²) in [5, 5.41) is 3.02. The lowest BCUT2D eigenvalue weighted by Gasteiger charge is -2.26. The molecule has 0 spiro atoms. The molecule has 1 aromatic rings. The Balaban J connectivity index is 2.35. The Bertz CT molecular complexity index is 475. The number of hydrogen-bond acceptors (Lipinski definition) is 2. The number of halogens is 4. The quantitative estimate of drug-likeness (QED) is 0.860. The molecule has 0 aliphatic carbocycles. The molecule has 3 atom stereocenters. The van der Waals surface area contributed by atoms with Crippen molar-refractivity contribution in [3.05, 3.63) is 35.1 Å². The Morgan fingerprint density at radius 3 is 2.55 bits per heavy atom. The summed E-state index contributed by atoms with van der Waals surface area (Å²) in [7, 11) is 1.69. The maximum atomic E-state index is 13.3. The lowest BCUT2D eigenvalue weighted by molar-refractivity contribution is -0.140. The van der Waals surface area contributed by atoms with Crippen molar-refractivity contribution in [3.8, 4) is 0 Å². The van der Waals surface area contributed by atoms with Crippen LogP contribution in [0.1, 0.15) is 30.5 Å². The Hall–Kier alpha value is -1.14. The highest BCUT2D eigenvalue weighted by molar-refractivity contribution is 5.30. The molecule has 0 amide bonds. The first-order valence-electron chi connectivity index (χ1n) is 6.50. The Kier molecular flexibility index (Phi) is 4.34. The first-order chi connectivity index (χ1) is 9.34. The van der Waals surface area contributed by atoms with E-state index in [0.29, 0.717) is 12.2 Å². The molecule has 0 aromatic heterocycles. The van der Waals surface area contributed by atoms with Crippen molar-refractivity contribution in [1.29, 1.82) is 0 Å². The molecule has 20 heavy (non-hydrogen) atoms. The molecule has 1 aromatic carbocycles. The van der Waals surface area contributed by atoms with E-state index in [1.807, 2.05) is 6.92 Å². The summed E-state index contributed by atoms with van der Waals surface area (Å²) in [6.07, 6.45) is -3.95. The van der Waals surface area contributed by atoms with Gasteiger partial charge >= 0.3 is 6.18 Å². The molecule has 1 fully saturated rings. The number of ether oxygens (including phenoxy) is 1. The van der Waals surface area contributed by atoms with Crippen LogP contribution in [0.3, 0.4) is 0 Å². The van der Waals surface area contributed by atoms with Crippen LogP contribution in [-0.2, 0) is 10.9 Å². The van der Waals surface area contributed by atoms with Crippen molar-refractivity contribution in [3.63, 3.8) is 0 Å². The number of benzene rings is 1. The van der Waals surface area contributed by atoms with Crippen LogP contribution in [-0.4, -0.2) is 19.8 Å². The van der Waals surface area contributed by atoms with Crippen LogP contribution < -0.4 is 5.32 Å². The van der Waals surface area contributed by atoms with Gasteiger partial charge in [0.15, 0.2) is 0 Å². The van der Waals surface area contributed by atoms with Crippen molar-refractivity contribution in [1.82, 2.24) is 5.32 Å². The zero-order chi connectivity index (χ0) is 14.9. The predicted molar refractivity (Wildman–Crippen MR) is 66.7 cm³/mol. The molecule has 0 radical (unpaired) electrons. The van der Waals surface area contributed by atoms with Gasteiger partial charge in [0.1, 0.15) is 5.82 Å². The standard InChI is InChI=1S/C14H17F4NO/c1-8-10(5-6-20-8)13(19-2)9-3-4-12(15)11(7-9)14(16,17)18/h3-4,7-8,10,13,19H,5-6H2,1-2H3. The van der Waals surface area contributed by atoms with Crippen LogP contribution in [0.2, 0.25) is 0 Å². The summed E-state index contributed by atoms with van der Waals surface area (Å²) in [5.41, 5.74) is -0.787. The molecule has 2 rings (SSSR count). The van der Waals surface area contributed by atoms with Crippen molar-refractivity contribution >= 4 is 0 Å². The van der Waals surface area contributed by atoms with E-state index in [1.165, 1.54) is 6.07 Å². The number of nitrogens with one attached hydrogen (secondary N) is 1. The van der Waals surface area contributed by atoms with E-state index in [1.54, 1.807) is 7.05 Å². The summed E-state index contributed by atoms with van der Waals surface area (Å²) in [6.45, 7) is 2.49. The van der Waals surface area contributed by atoms with E-state index in [-0.39, 0.29) is 18.1 Å². The van der Waals surface area contributed by atoms with Gasteiger partial charge in [0.25, 0.3) is 0 Å². The molecular weight excluding hydrogens is 274 g/mol. The van der Waals surface area contributed by atoms with Crippen molar-refractivity contribution < 1.29 is 22.3 Å². The molecular formula is C14H17F4NO. The normalized spacial score (nSPS) is 24.9. The highest BCUT2D eigenvalue weighted by Gasteiger charge is 2.37. The molecule has 1 N–H and O–H groups in total. The second kappa shape index (κ2) is 5.69. The van der Waals surface area contributed by atoms with Gasteiger partial charge in [-0.05, 0) is 38.1 Å². The van der Waals surface area contributed by atoms with Gasteiger partial charge in [0, 0.05) is 18.6 Å². The lowest BCUT2D eigenvalue weighted by Crippen LogP contribution is -2.29. The van der Waals surface area contributed by atoms with E-state index < -0.39 is 17.6 Å².